The lowest BCUT2D eigenvalue weighted by Gasteiger charge is -2.47. The van der Waals surface area contributed by atoms with Crippen molar-refractivity contribution in [2.75, 3.05) is 0 Å². The normalized spacial score (nSPS) is 28.6. The second-order valence-electron chi connectivity index (χ2n) is 9.96. The van der Waals surface area contributed by atoms with E-state index in [4.69, 9.17) is 27.7 Å². The van der Waals surface area contributed by atoms with Crippen LogP contribution in [-0.4, -0.2) is 17.1 Å². The molecule has 3 aromatic rings. The van der Waals surface area contributed by atoms with Crippen molar-refractivity contribution in [1.29, 1.82) is 0 Å². The van der Waals surface area contributed by atoms with Gasteiger partial charge >= 0.3 is 0 Å². The predicted molar refractivity (Wildman–Crippen MR) is 136 cm³/mol. The molecule has 0 radical (unpaired) electrons. The molecule has 178 valence electrons. The van der Waals surface area contributed by atoms with E-state index in [-0.39, 0.29) is 35.1 Å². The number of amides is 1. The molecular weight excluding hydrogens is 467 g/mol. The first kappa shape index (κ1) is 23.4. The van der Waals surface area contributed by atoms with Crippen LogP contribution in [0.2, 0.25) is 10.0 Å². The van der Waals surface area contributed by atoms with Gasteiger partial charge in [0.15, 0.2) is 0 Å². The number of carbonyl (C=O) groups is 1. The Morgan fingerprint density at radius 2 is 1.88 bits per heavy atom. The number of aromatic nitrogens is 1. The Bertz CT molecular complexity index is 1220. The van der Waals surface area contributed by atoms with Gasteiger partial charge in [0.25, 0.3) is 0 Å². The highest BCUT2D eigenvalue weighted by atomic mass is 35.5. The molecule has 1 aliphatic carbocycles. The maximum atomic E-state index is 13.2. The molecule has 2 aliphatic rings. The van der Waals surface area contributed by atoms with Gasteiger partial charge < -0.3 is 9.84 Å². The first-order valence-corrected chi connectivity index (χ1v) is 12.8. The van der Waals surface area contributed by atoms with Gasteiger partial charge in [-0.3, -0.25) is 4.79 Å². The molecule has 1 N–H and O–H groups in total. The van der Waals surface area contributed by atoms with Crippen molar-refractivity contribution in [3.05, 3.63) is 75.1 Å². The number of nitrogens with zero attached hydrogens (tertiary/aromatic N) is 1. The van der Waals surface area contributed by atoms with Crippen molar-refractivity contribution in [1.82, 2.24) is 10.5 Å². The van der Waals surface area contributed by atoms with E-state index in [9.17, 15) is 4.79 Å². The number of halogens is 2. The fourth-order valence-electron chi connectivity index (χ4n) is 6.77. The van der Waals surface area contributed by atoms with E-state index in [1.165, 1.54) is 5.56 Å². The van der Waals surface area contributed by atoms with Crippen molar-refractivity contribution in [3.63, 3.8) is 0 Å². The Kier molecular flexibility index (Phi) is 6.02. The molecule has 34 heavy (non-hydrogen) atoms. The first-order chi connectivity index (χ1) is 16.3. The topological polar surface area (TPSA) is 55.1 Å². The van der Waals surface area contributed by atoms with Crippen LogP contribution in [0.15, 0.2) is 47.0 Å². The summed E-state index contributed by atoms with van der Waals surface area (Å²) in [5.74, 6) is 1.53. The van der Waals surface area contributed by atoms with Crippen LogP contribution in [-0.2, 0) is 4.79 Å². The van der Waals surface area contributed by atoms with Gasteiger partial charge in [0.05, 0.1) is 11.1 Å². The Balaban J connectivity index is 1.62. The van der Waals surface area contributed by atoms with Gasteiger partial charge in [-0.15, -0.1) is 0 Å². The Morgan fingerprint density at radius 3 is 2.50 bits per heavy atom. The molecule has 2 heterocycles. The highest BCUT2D eigenvalue weighted by molar-refractivity contribution is 6.31. The number of rotatable bonds is 4. The molecular formula is C28H30Cl2N2O2. The third kappa shape index (κ3) is 3.58. The van der Waals surface area contributed by atoms with Crippen molar-refractivity contribution in [3.8, 4) is 11.1 Å². The number of aryl methyl sites for hydroxylation is 2. The predicted octanol–water partition coefficient (Wildman–Crippen LogP) is 7.46. The lowest BCUT2D eigenvalue weighted by molar-refractivity contribution is -0.131. The minimum absolute atomic E-state index is 0.0938. The molecule has 5 rings (SSSR count). The lowest BCUT2D eigenvalue weighted by Crippen LogP contribution is -2.43. The van der Waals surface area contributed by atoms with Crippen molar-refractivity contribution < 1.29 is 9.32 Å². The zero-order valence-corrected chi connectivity index (χ0v) is 21.5. The fourth-order valence-corrected chi connectivity index (χ4v) is 7.22. The molecule has 1 amide bonds. The van der Waals surface area contributed by atoms with Gasteiger partial charge in [-0.25, -0.2) is 0 Å². The van der Waals surface area contributed by atoms with E-state index in [0.717, 1.165) is 52.4 Å². The summed E-state index contributed by atoms with van der Waals surface area (Å²) in [6, 6.07) is 14.5. The third-order valence-corrected chi connectivity index (χ3v) is 8.90. The van der Waals surface area contributed by atoms with E-state index >= 15 is 0 Å². The molecule has 0 unspecified atom stereocenters. The Hall–Kier alpha value is -2.30. The van der Waals surface area contributed by atoms with Crippen LogP contribution < -0.4 is 5.32 Å². The molecule has 4 nitrogen and oxygen atoms in total. The fraction of sp³-hybridized carbons (Fsp3) is 0.429. The molecule has 0 bridgehead atoms. The van der Waals surface area contributed by atoms with Crippen molar-refractivity contribution in [2.45, 2.75) is 64.8 Å². The monoisotopic (exact) mass is 496 g/mol. The maximum Gasteiger partial charge on any atom is 0.226 e. The van der Waals surface area contributed by atoms with Gasteiger partial charge in [-0.1, -0.05) is 59.5 Å². The molecule has 1 saturated carbocycles. The number of carbonyl (C=O) groups excluding carboxylic acids is 1. The molecule has 2 fully saturated rings. The van der Waals surface area contributed by atoms with Crippen LogP contribution in [0, 0.1) is 25.2 Å². The number of benzene rings is 2. The van der Waals surface area contributed by atoms with Crippen LogP contribution >= 0.6 is 23.2 Å². The molecule has 1 aliphatic heterocycles. The first-order valence-electron chi connectivity index (χ1n) is 12.1. The van der Waals surface area contributed by atoms with Crippen LogP contribution in [0.4, 0.5) is 0 Å². The lowest BCUT2D eigenvalue weighted by atomic mass is 9.54. The van der Waals surface area contributed by atoms with E-state index in [1.807, 2.05) is 32.0 Å². The number of hydrogen-bond donors (Lipinski definition) is 1. The molecule has 0 spiro atoms. The van der Waals surface area contributed by atoms with Gasteiger partial charge in [0, 0.05) is 27.6 Å². The van der Waals surface area contributed by atoms with Gasteiger partial charge in [0.2, 0.25) is 5.91 Å². The Morgan fingerprint density at radius 1 is 1.15 bits per heavy atom. The maximum absolute atomic E-state index is 13.2. The molecule has 1 aromatic heterocycles. The number of fused-ring (bicyclic) bond motifs is 1. The molecule has 1 saturated heterocycles. The second kappa shape index (κ2) is 8.73. The molecule has 2 aromatic carbocycles. The average Bonchev–Trinajstić information content (AvgIpc) is 3.29. The van der Waals surface area contributed by atoms with E-state index in [2.05, 4.69) is 48.6 Å². The highest BCUT2D eigenvalue weighted by Crippen LogP contribution is 2.60. The highest BCUT2D eigenvalue weighted by Gasteiger charge is 2.59. The summed E-state index contributed by atoms with van der Waals surface area (Å²) in [5.41, 5.74) is 4.87. The summed E-state index contributed by atoms with van der Waals surface area (Å²) in [7, 11) is 0. The summed E-state index contributed by atoms with van der Waals surface area (Å²) < 4.78 is 5.37. The zero-order valence-electron chi connectivity index (χ0n) is 20.0. The smallest absolute Gasteiger partial charge is 0.226 e. The standard InChI is InChI=1S/C28H30Cl2N2O2/c1-5-28-13-12-22(21-11-8-19(14-23(21)30)24-15(2)32-34-17(24)4)25(18-6-9-20(29)10-7-18)26(28)16(3)31-27(28)33/h6-11,14,16,22,25-26H,5,12-13H2,1-4H3,(H,31,33)/t16-,22+,25+,26+,28-/m1/s1. The summed E-state index contributed by atoms with van der Waals surface area (Å²) in [6.45, 7) is 8.16. The van der Waals surface area contributed by atoms with Crippen molar-refractivity contribution >= 4 is 29.1 Å². The average molecular weight is 497 g/mol. The summed E-state index contributed by atoms with van der Waals surface area (Å²) in [6.07, 6.45) is 2.60. The summed E-state index contributed by atoms with van der Waals surface area (Å²) in [5, 5.41) is 8.83. The minimum atomic E-state index is -0.344. The summed E-state index contributed by atoms with van der Waals surface area (Å²) in [4.78, 5) is 13.2. The van der Waals surface area contributed by atoms with Crippen molar-refractivity contribution in [2.24, 2.45) is 11.3 Å². The van der Waals surface area contributed by atoms with Crippen LogP contribution in [0.5, 0.6) is 0 Å². The van der Waals surface area contributed by atoms with Gasteiger partial charge in [-0.05, 0) is 86.8 Å². The third-order valence-electron chi connectivity index (χ3n) is 8.32. The van der Waals surface area contributed by atoms with Crippen LogP contribution in [0.1, 0.15) is 67.5 Å². The largest absolute Gasteiger partial charge is 0.361 e. The summed E-state index contributed by atoms with van der Waals surface area (Å²) >= 11 is 13.2. The Labute approximate surface area is 211 Å². The van der Waals surface area contributed by atoms with Gasteiger partial charge in [0.1, 0.15) is 5.76 Å². The minimum Gasteiger partial charge on any atom is -0.361 e. The zero-order chi connectivity index (χ0) is 24.2. The quantitative estimate of drug-likeness (QED) is 0.407. The van der Waals surface area contributed by atoms with Crippen LogP contribution in [0.25, 0.3) is 11.1 Å². The van der Waals surface area contributed by atoms with Crippen LogP contribution in [0.3, 0.4) is 0 Å². The number of nitrogens with one attached hydrogen (secondary N) is 1. The molecule has 5 atom stereocenters. The van der Waals surface area contributed by atoms with Gasteiger partial charge in [-0.2, -0.15) is 0 Å². The second-order valence-corrected chi connectivity index (χ2v) is 10.8. The van der Waals surface area contributed by atoms with E-state index in [1.54, 1.807) is 0 Å². The SMILES string of the molecule is CC[C@@]12CC[C@@H](c3ccc(-c4c(C)noc4C)cc3Cl)[C@H](c3ccc(Cl)cc3)[C@@H]1[C@@H](C)NC2=O. The van der Waals surface area contributed by atoms with E-state index < -0.39 is 0 Å². The number of hydrogen-bond acceptors (Lipinski definition) is 3. The van der Waals surface area contributed by atoms with E-state index in [0.29, 0.717) is 5.02 Å². The molecule has 6 heteroatoms.